The fourth-order valence-corrected chi connectivity index (χ4v) is 2.53. The van der Waals surface area contributed by atoms with Gasteiger partial charge in [-0.25, -0.2) is 4.79 Å². The zero-order chi connectivity index (χ0) is 19.2. The maximum absolute atomic E-state index is 13.0. The van der Waals surface area contributed by atoms with Gasteiger partial charge in [0.05, 0.1) is 0 Å². The van der Waals surface area contributed by atoms with Crippen molar-refractivity contribution in [1.29, 1.82) is 0 Å². The largest absolute Gasteiger partial charge is 0.459 e. The van der Waals surface area contributed by atoms with Crippen molar-refractivity contribution in [3.63, 3.8) is 0 Å². The number of ketones is 1. The van der Waals surface area contributed by atoms with E-state index in [0.29, 0.717) is 0 Å². The average Bonchev–Trinajstić information content (AvgIpc) is 2.50. The van der Waals surface area contributed by atoms with Crippen LogP contribution < -0.4 is 5.90 Å². The lowest BCUT2D eigenvalue weighted by atomic mass is 9.82. The number of esters is 1. The number of carbonyl (C=O) groups is 3. The molecule has 0 aliphatic carbocycles. The minimum Gasteiger partial charge on any atom is -0.459 e. The molecule has 138 valence electrons. The number of hydrogen-bond donors (Lipinski definition) is 1. The van der Waals surface area contributed by atoms with Crippen molar-refractivity contribution in [3.8, 4) is 0 Å². The maximum Gasteiger partial charge on any atom is 0.335 e. The molecule has 0 heterocycles. The quantitative estimate of drug-likeness (QED) is 0.461. The number of Topliss-reactive ketones (excluding diaryl/α,β-unsaturated/α-hetero) is 1. The molecule has 0 spiro atoms. The van der Waals surface area contributed by atoms with Crippen molar-refractivity contribution < 1.29 is 24.0 Å². The monoisotopic (exact) mass is 349 g/mol. The predicted octanol–water partition coefficient (Wildman–Crippen LogP) is 2.45. The van der Waals surface area contributed by atoms with Crippen LogP contribution in [0.4, 0.5) is 0 Å². The van der Waals surface area contributed by atoms with Gasteiger partial charge in [-0.15, -0.1) is 0 Å². The average molecular weight is 349 g/mol. The van der Waals surface area contributed by atoms with Gasteiger partial charge in [-0.05, 0) is 38.7 Å². The van der Waals surface area contributed by atoms with E-state index in [9.17, 15) is 14.4 Å². The molecule has 1 aromatic carbocycles. The smallest absolute Gasteiger partial charge is 0.335 e. The highest BCUT2D eigenvalue weighted by Gasteiger charge is 2.41. The van der Waals surface area contributed by atoms with Gasteiger partial charge < -0.3 is 9.57 Å². The van der Waals surface area contributed by atoms with E-state index in [-0.39, 0.29) is 12.3 Å². The standard InChI is InChI=1S/C19H27NO5/c1-12(2)15(18(23)24-19(3,4)5)16(21)14(17(22)25-20)11-13-9-7-6-8-10-13/h6-10,12,14-15H,11,20H2,1-5H3/t14?,15-/m0/s1. The lowest BCUT2D eigenvalue weighted by Gasteiger charge is -2.27. The Balaban J connectivity index is 3.10. The Morgan fingerprint density at radius 1 is 1.04 bits per heavy atom. The van der Waals surface area contributed by atoms with Crippen LogP contribution in [0.25, 0.3) is 0 Å². The van der Waals surface area contributed by atoms with Gasteiger partial charge in [-0.3, -0.25) is 9.59 Å². The number of rotatable bonds is 7. The van der Waals surface area contributed by atoms with Crippen LogP contribution in [0.5, 0.6) is 0 Å². The van der Waals surface area contributed by atoms with E-state index in [0.717, 1.165) is 5.56 Å². The molecule has 1 unspecified atom stereocenters. The molecule has 6 nitrogen and oxygen atoms in total. The fraction of sp³-hybridized carbons (Fsp3) is 0.526. The molecule has 0 aliphatic heterocycles. The molecular weight excluding hydrogens is 322 g/mol. The first kappa shape index (κ1) is 20.8. The third kappa shape index (κ3) is 6.31. The zero-order valence-electron chi connectivity index (χ0n) is 15.4. The summed E-state index contributed by atoms with van der Waals surface area (Å²) in [7, 11) is 0. The molecular formula is C19H27NO5. The summed E-state index contributed by atoms with van der Waals surface area (Å²) in [6.45, 7) is 8.65. The highest BCUT2D eigenvalue weighted by Crippen LogP contribution is 2.24. The van der Waals surface area contributed by atoms with E-state index in [1.54, 1.807) is 58.9 Å². The van der Waals surface area contributed by atoms with Gasteiger partial charge in [-0.2, -0.15) is 5.90 Å². The molecule has 0 radical (unpaired) electrons. The molecule has 0 saturated heterocycles. The Labute approximate surface area is 148 Å². The van der Waals surface area contributed by atoms with Crippen LogP contribution in [0.15, 0.2) is 30.3 Å². The van der Waals surface area contributed by atoms with Gasteiger partial charge in [-0.1, -0.05) is 44.2 Å². The lowest BCUT2D eigenvalue weighted by molar-refractivity contribution is -0.166. The second kappa shape index (κ2) is 8.76. The Kier molecular flexibility index (Phi) is 7.30. The van der Waals surface area contributed by atoms with E-state index in [2.05, 4.69) is 4.84 Å². The van der Waals surface area contributed by atoms with E-state index < -0.39 is 35.2 Å². The van der Waals surface area contributed by atoms with Gasteiger partial charge in [0.25, 0.3) is 0 Å². The summed E-state index contributed by atoms with van der Waals surface area (Å²) in [6, 6.07) is 9.03. The summed E-state index contributed by atoms with van der Waals surface area (Å²) >= 11 is 0. The van der Waals surface area contributed by atoms with Crippen LogP contribution in [-0.4, -0.2) is 23.3 Å². The summed E-state index contributed by atoms with van der Waals surface area (Å²) in [6.07, 6.45) is 0.113. The Morgan fingerprint density at radius 2 is 1.60 bits per heavy atom. The van der Waals surface area contributed by atoms with Gasteiger partial charge >= 0.3 is 11.9 Å². The highest BCUT2D eigenvalue weighted by molar-refractivity contribution is 6.08. The fourth-order valence-electron chi connectivity index (χ4n) is 2.53. The number of carbonyl (C=O) groups excluding carboxylic acids is 3. The molecule has 1 rings (SSSR count). The van der Waals surface area contributed by atoms with Crippen LogP contribution in [0.2, 0.25) is 0 Å². The van der Waals surface area contributed by atoms with Gasteiger partial charge in [0.1, 0.15) is 17.4 Å². The number of nitrogens with two attached hydrogens (primary N) is 1. The number of benzene rings is 1. The summed E-state index contributed by atoms with van der Waals surface area (Å²) in [5.41, 5.74) is 0.0475. The third-order valence-corrected chi connectivity index (χ3v) is 3.66. The van der Waals surface area contributed by atoms with Crippen molar-refractivity contribution in [1.82, 2.24) is 0 Å². The highest BCUT2D eigenvalue weighted by atomic mass is 16.7. The van der Waals surface area contributed by atoms with E-state index >= 15 is 0 Å². The minimum absolute atomic E-state index is 0.113. The van der Waals surface area contributed by atoms with Crippen LogP contribution in [0, 0.1) is 17.8 Å². The van der Waals surface area contributed by atoms with E-state index in [1.807, 2.05) is 6.07 Å². The summed E-state index contributed by atoms with van der Waals surface area (Å²) in [5.74, 6) is 0.410. The SMILES string of the molecule is CC(C)[C@H](C(=O)OC(C)(C)C)C(=O)C(Cc1ccccc1)C(=O)ON. The predicted molar refractivity (Wildman–Crippen MR) is 93.1 cm³/mol. The Bertz CT molecular complexity index is 604. The van der Waals surface area contributed by atoms with Gasteiger partial charge in [0, 0.05) is 0 Å². The third-order valence-electron chi connectivity index (χ3n) is 3.66. The normalized spacial score (nSPS) is 13.9. The number of hydrogen-bond acceptors (Lipinski definition) is 6. The van der Waals surface area contributed by atoms with Crippen molar-refractivity contribution in [3.05, 3.63) is 35.9 Å². The second-order valence-electron chi connectivity index (χ2n) is 7.34. The molecule has 2 atom stereocenters. The maximum atomic E-state index is 13.0. The zero-order valence-corrected chi connectivity index (χ0v) is 15.4. The lowest BCUT2D eigenvalue weighted by Crippen LogP contribution is -2.42. The summed E-state index contributed by atoms with van der Waals surface area (Å²) < 4.78 is 5.35. The van der Waals surface area contributed by atoms with Gasteiger partial charge in [0.15, 0.2) is 5.78 Å². The molecule has 0 aliphatic rings. The van der Waals surface area contributed by atoms with E-state index in [1.165, 1.54) is 0 Å². The molecule has 25 heavy (non-hydrogen) atoms. The van der Waals surface area contributed by atoms with Crippen LogP contribution in [0.3, 0.4) is 0 Å². The molecule has 6 heteroatoms. The van der Waals surface area contributed by atoms with Crippen LogP contribution in [-0.2, 0) is 30.4 Å². The molecule has 0 saturated carbocycles. The Hall–Kier alpha value is -2.21. The van der Waals surface area contributed by atoms with Gasteiger partial charge in [0.2, 0.25) is 0 Å². The number of ether oxygens (including phenoxy) is 1. The molecule has 0 fully saturated rings. The molecule has 1 aromatic rings. The second-order valence-corrected chi connectivity index (χ2v) is 7.34. The van der Waals surface area contributed by atoms with Crippen molar-refractivity contribution >= 4 is 17.7 Å². The molecule has 0 aromatic heterocycles. The van der Waals surface area contributed by atoms with Crippen LogP contribution in [0.1, 0.15) is 40.2 Å². The van der Waals surface area contributed by atoms with Crippen molar-refractivity contribution in [2.24, 2.45) is 23.7 Å². The molecule has 2 N–H and O–H groups in total. The first-order chi connectivity index (χ1) is 11.6. The van der Waals surface area contributed by atoms with Crippen LogP contribution >= 0.6 is 0 Å². The first-order valence-corrected chi connectivity index (χ1v) is 8.28. The summed E-state index contributed by atoms with van der Waals surface area (Å²) in [5, 5.41) is 0. The molecule has 0 amide bonds. The topological polar surface area (TPSA) is 95.7 Å². The molecule has 0 bridgehead atoms. The Morgan fingerprint density at radius 3 is 2.04 bits per heavy atom. The first-order valence-electron chi connectivity index (χ1n) is 8.28. The van der Waals surface area contributed by atoms with Crippen molar-refractivity contribution in [2.45, 2.75) is 46.6 Å². The van der Waals surface area contributed by atoms with E-state index in [4.69, 9.17) is 10.6 Å². The van der Waals surface area contributed by atoms with Crippen molar-refractivity contribution in [2.75, 3.05) is 0 Å². The minimum atomic E-state index is -1.16. The summed E-state index contributed by atoms with van der Waals surface area (Å²) in [4.78, 5) is 41.8.